The monoisotopic (exact) mass is 289 g/mol. The highest BCUT2D eigenvalue weighted by atomic mass is 16.2. The molecule has 0 fully saturated rings. The molecule has 0 radical (unpaired) electrons. The summed E-state index contributed by atoms with van der Waals surface area (Å²) in [4.78, 5) is 27.7. The second kappa shape index (κ2) is 5.39. The first-order valence-corrected chi connectivity index (χ1v) is 7.31. The van der Waals surface area contributed by atoms with E-state index in [1.54, 1.807) is 16.8 Å². The molecule has 0 spiro atoms. The molecule has 2 rings (SSSR count). The average molecular weight is 289 g/mol. The van der Waals surface area contributed by atoms with Gasteiger partial charge < -0.3 is 15.1 Å². The Balaban J connectivity index is 2.29. The summed E-state index contributed by atoms with van der Waals surface area (Å²) in [7, 11) is 1.78. The van der Waals surface area contributed by atoms with Crippen molar-refractivity contribution in [2.24, 2.45) is 0 Å². The zero-order valence-corrected chi connectivity index (χ0v) is 13.4. The van der Waals surface area contributed by atoms with Crippen molar-refractivity contribution in [3.05, 3.63) is 23.8 Å². The van der Waals surface area contributed by atoms with E-state index in [-0.39, 0.29) is 11.9 Å². The van der Waals surface area contributed by atoms with E-state index in [2.05, 4.69) is 5.32 Å². The van der Waals surface area contributed by atoms with Gasteiger partial charge in [0.05, 0.1) is 5.41 Å². The molecule has 5 nitrogen and oxygen atoms in total. The van der Waals surface area contributed by atoms with E-state index >= 15 is 0 Å². The van der Waals surface area contributed by atoms with Crippen molar-refractivity contribution >= 4 is 23.3 Å². The Kier molecular flexibility index (Phi) is 3.94. The first-order chi connectivity index (χ1) is 9.82. The van der Waals surface area contributed by atoms with Gasteiger partial charge >= 0.3 is 6.03 Å². The number of fused-ring (bicyclic) bond motifs is 1. The smallest absolute Gasteiger partial charge is 0.321 e. The molecule has 21 heavy (non-hydrogen) atoms. The molecule has 1 aromatic rings. The predicted octanol–water partition coefficient (Wildman–Crippen LogP) is 2.81. The van der Waals surface area contributed by atoms with Crippen LogP contribution in [0.3, 0.4) is 0 Å². The highest BCUT2D eigenvalue weighted by Gasteiger charge is 2.42. The fourth-order valence-electron chi connectivity index (χ4n) is 2.76. The average Bonchev–Trinajstić information content (AvgIpc) is 2.62. The molecule has 5 heteroatoms. The molecule has 0 aromatic heterocycles. The molecule has 1 N–H and O–H groups in total. The van der Waals surface area contributed by atoms with Crippen LogP contribution in [0.5, 0.6) is 0 Å². The van der Waals surface area contributed by atoms with Crippen LogP contribution in [0.1, 0.15) is 33.3 Å². The maximum absolute atomic E-state index is 12.2. The lowest BCUT2D eigenvalue weighted by Gasteiger charge is -2.20. The van der Waals surface area contributed by atoms with Crippen LogP contribution in [-0.4, -0.2) is 37.0 Å². The zero-order chi connectivity index (χ0) is 15.8. The van der Waals surface area contributed by atoms with E-state index in [0.717, 1.165) is 16.9 Å². The quantitative estimate of drug-likeness (QED) is 0.930. The molecular formula is C16H23N3O2. The minimum Gasteiger partial charge on any atom is -0.325 e. The molecule has 1 aliphatic heterocycles. The number of benzene rings is 1. The number of carbonyl (C=O) groups excluding carboxylic acids is 2. The molecule has 0 bridgehead atoms. The topological polar surface area (TPSA) is 52.7 Å². The molecule has 3 amide bonds. The van der Waals surface area contributed by atoms with E-state index in [4.69, 9.17) is 0 Å². The second-order valence-electron chi connectivity index (χ2n) is 5.82. The first kappa shape index (κ1) is 15.4. The summed E-state index contributed by atoms with van der Waals surface area (Å²) < 4.78 is 0. The van der Waals surface area contributed by atoms with Crippen molar-refractivity contribution in [2.75, 3.05) is 30.4 Å². The molecular weight excluding hydrogens is 266 g/mol. The number of amides is 3. The number of rotatable bonds is 3. The Morgan fingerprint density at radius 2 is 1.90 bits per heavy atom. The summed E-state index contributed by atoms with van der Waals surface area (Å²) in [5.41, 5.74) is 2.03. The van der Waals surface area contributed by atoms with Crippen LogP contribution in [0.15, 0.2) is 18.2 Å². The summed E-state index contributed by atoms with van der Waals surface area (Å²) >= 11 is 0. The Morgan fingerprint density at radius 1 is 1.29 bits per heavy atom. The standard InChI is InChI=1S/C16H23N3O2/c1-6-19(7-2)15(21)17-11-8-9-13-12(10-11)16(3,4)14(20)18(13)5/h8-10H,6-7H2,1-5H3,(H,17,21). The zero-order valence-electron chi connectivity index (χ0n) is 13.4. The van der Waals surface area contributed by atoms with Gasteiger partial charge in [0.25, 0.3) is 0 Å². The van der Waals surface area contributed by atoms with Crippen molar-refractivity contribution in [2.45, 2.75) is 33.1 Å². The first-order valence-electron chi connectivity index (χ1n) is 7.31. The number of nitrogens with one attached hydrogen (secondary N) is 1. The molecule has 1 aromatic carbocycles. The number of hydrogen-bond acceptors (Lipinski definition) is 2. The van der Waals surface area contributed by atoms with E-state index < -0.39 is 5.41 Å². The van der Waals surface area contributed by atoms with Crippen LogP contribution in [0, 0.1) is 0 Å². The minimum absolute atomic E-state index is 0.0738. The maximum atomic E-state index is 12.2. The van der Waals surface area contributed by atoms with Crippen LogP contribution in [-0.2, 0) is 10.2 Å². The van der Waals surface area contributed by atoms with Crippen molar-refractivity contribution in [1.82, 2.24) is 4.90 Å². The lowest BCUT2D eigenvalue weighted by atomic mass is 9.86. The van der Waals surface area contributed by atoms with Gasteiger partial charge in [0.1, 0.15) is 0 Å². The molecule has 1 aliphatic rings. The Bertz CT molecular complexity index is 577. The third-order valence-corrected chi connectivity index (χ3v) is 4.17. The molecule has 0 saturated carbocycles. The van der Waals surface area contributed by atoms with Gasteiger partial charge in [0, 0.05) is 31.5 Å². The summed E-state index contributed by atoms with van der Waals surface area (Å²) in [6, 6.07) is 5.51. The number of carbonyl (C=O) groups is 2. The summed E-state index contributed by atoms with van der Waals surface area (Å²) in [5.74, 6) is 0.0738. The lowest BCUT2D eigenvalue weighted by Crippen LogP contribution is -2.34. The fourth-order valence-corrected chi connectivity index (χ4v) is 2.76. The van der Waals surface area contributed by atoms with Gasteiger partial charge in [-0.1, -0.05) is 0 Å². The van der Waals surface area contributed by atoms with Crippen molar-refractivity contribution in [3.8, 4) is 0 Å². The van der Waals surface area contributed by atoms with Crippen LogP contribution < -0.4 is 10.2 Å². The number of urea groups is 1. The maximum Gasteiger partial charge on any atom is 0.321 e. The SMILES string of the molecule is CCN(CC)C(=O)Nc1ccc2c(c1)C(C)(C)C(=O)N2C. The Labute approximate surface area is 125 Å². The minimum atomic E-state index is -0.556. The molecule has 0 aliphatic carbocycles. The van der Waals surface area contributed by atoms with Gasteiger partial charge in [0.15, 0.2) is 0 Å². The van der Waals surface area contributed by atoms with E-state index in [1.165, 1.54) is 0 Å². The summed E-state index contributed by atoms with van der Waals surface area (Å²) in [5, 5.41) is 2.90. The molecule has 0 unspecified atom stereocenters. The number of nitrogens with zero attached hydrogens (tertiary/aromatic N) is 2. The lowest BCUT2D eigenvalue weighted by molar-refractivity contribution is -0.121. The number of likely N-dealkylation sites (N-methyl/N-ethyl adjacent to an activating group) is 1. The van der Waals surface area contributed by atoms with Gasteiger partial charge in [-0.2, -0.15) is 0 Å². The van der Waals surface area contributed by atoms with Gasteiger partial charge in [-0.15, -0.1) is 0 Å². The third-order valence-electron chi connectivity index (χ3n) is 4.17. The molecule has 0 atom stereocenters. The van der Waals surface area contributed by atoms with E-state index in [1.807, 2.05) is 45.9 Å². The predicted molar refractivity (Wildman–Crippen MR) is 84.8 cm³/mol. The van der Waals surface area contributed by atoms with Crippen LogP contribution >= 0.6 is 0 Å². The summed E-state index contributed by atoms with van der Waals surface area (Å²) in [6.07, 6.45) is 0. The third kappa shape index (κ3) is 2.48. The van der Waals surface area contributed by atoms with Crippen molar-refractivity contribution < 1.29 is 9.59 Å². The van der Waals surface area contributed by atoms with Crippen molar-refractivity contribution in [3.63, 3.8) is 0 Å². The Hall–Kier alpha value is -2.04. The van der Waals surface area contributed by atoms with E-state index in [0.29, 0.717) is 13.1 Å². The van der Waals surface area contributed by atoms with Gasteiger partial charge in [0.2, 0.25) is 5.91 Å². The van der Waals surface area contributed by atoms with Crippen LogP contribution in [0.25, 0.3) is 0 Å². The highest BCUT2D eigenvalue weighted by molar-refractivity contribution is 6.07. The fraction of sp³-hybridized carbons (Fsp3) is 0.500. The number of hydrogen-bond donors (Lipinski definition) is 1. The largest absolute Gasteiger partial charge is 0.325 e. The van der Waals surface area contributed by atoms with Gasteiger partial charge in [-0.3, -0.25) is 4.79 Å². The number of anilines is 2. The van der Waals surface area contributed by atoms with Gasteiger partial charge in [-0.25, -0.2) is 4.79 Å². The van der Waals surface area contributed by atoms with Crippen LogP contribution in [0.4, 0.5) is 16.2 Å². The second-order valence-corrected chi connectivity index (χ2v) is 5.82. The van der Waals surface area contributed by atoms with E-state index in [9.17, 15) is 9.59 Å². The van der Waals surface area contributed by atoms with Crippen molar-refractivity contribution in [1.29, 1.82) is 0 Å². The summed E-state index contributed by atoms with van der Waals surface area (Å²) in [6.45, 7) is 9.05. The normalized spacial score (nSPS) is 15.9. The molecule has 1 heterocycles. The van der Waals surface area contributed by atoms with Crippen LogP contribution in [0.2, 0.25) is 0 Å². The molecule has 114 valence electrons. The molecule has 0 saturated heterocycles. The highest BCUT2D eigenvalue weighted by Crippen LogP contribution is 2.41. The Morgan fingerprint density at radius 3 is 2.48 bits per heavy atom. The van der Waals surface area contributed by atoms with Gasteiger partial charge in [-0.05, 0) is 51.5 Å².